The van der Waals surface area contributed by atoms with Gasteiger partial charge < -0.3 is 0 Å². The Labute approximate surface area is 121 Å². The summed E-state index contributed by atoms with van der Waals surface area (Å²) in [4.78, 5) is 0. The van der Waals surface area contributed by atoms with Gasteiger partial charge in [-0.25, -0.2) is 0 Å². The second-order valence-corrected chi connectivity index (χ2v) is 5.25. The number of hydrogen-bond acceptors (Lipinski definition) is 0. The predicted octanol–water partition coefficient (Wildman–Crippen LogP) is 5.78. The van der Waals surface area contributed by atoms with Crippen molar-refractivity contribution in [3.8, 4) is 22.3 Å². The Hall–Kier alpha value is -1.86. The summed E-state index contributed by atoms with van der Waals surface area (Å²) in [6.45, 7) is 0. The summed E-state index contributed by atoms with van der Waals surface area (Å²) >= 11 is 3.68. The first-order valence-corrected chi connectivity index (χ1v) is 7.05. The van der Waals surface area contributed by atoms with E-state index in [-0.39, 0.29) is 0 Å². The van der Waals surface area contributed by atoms with Crippen LogP contribution in [-0.2, 0) is 0 Å². The summed E-state index contributed by atoms with van der Waals surface area (Å²) in [5, 5.41) is 0. The molecule has 92 valence electrons. The van der Waals surface area contributed by atoms with E-state index < -0.39 is 0 Å². The van der Waals surface area contributed by atoms with Gasteiger partial charge in [-0.1, -0.05) is 88.7 Å². The molecule has 0 saturated heterocycles. The molecule has 0 amide bonds. The fourth-order valence-electron chi connectivity index (χ4n) is 2.28. The lowest BCUT2D eigenvalue weighted by Gasteiger charge is -2.12. The molecule has 0 heterocycles. The van der Waals surface area contributed by atoms with Crippen molar-refractivity contribution < 1.29 is 0 Å². The van der Waals surface area contributed by atoms with Crippen LogP contribution < -0.4 is 0 Å². The van der Waals surface area contributed by atoms with Gasteiger partial charge in [0.25, 0.3) is 0 Å². The summed E-state index contributed by atoms with van der Waals surface area (Å²) < 4.78 is 1.13. The summed E-state index contributed by atoms with van der Waals surface area (Å²) in [5.41, 5.74) is 4.96. The highest BCUT2D eigenvalue weighted by Crippen LogP contribution is 2.37. The van der Waals surface area contributed by atoms with E-state index >= 15 is 0 Å². The van der Waals surface area contributed by atoms with Crippen LogP contribution in [0.15, 0.2) is 83.3 Å². The molecule has 0 spiro atoms. The van der Waals surface area contributed by atoms with Gasteiger partial charge in [-0.2, -0.15) is 0 Å². The molecule has 0 saturated carbocycles. The summed E-state index contributed by atoms with van der Waals surface area (Å²) in [6, 6.07) is 27.3. The third-order valence-corrected chi connectivity index (χ3v) is 3.82. The van der Waals surface area contributed by atoms with E-state index in [2.05, 4.69) is 82.7 Å². The minimum atomic E-state index is 1.13. The van der Waals surface area contributed by atoms with E-state index in [0.717, 1.165) is 4.47 Å². The van der Waals surface area contributed by atoms with Gasteiger partial charge >= 0.3 is 0 Å². The lowest BCUT2D eigenvalue weighted by molar-refractivity contribution is 1.55. The average molecular weight is 309 g/mol. The highest BCUT2D eigenvalue weighted by atomic mass is 79.9. The maximum atomic E-state index is 3.68. The van der Waals surface area contributed by atoms with Gasteiger partial charge in [0.2, 0.25) is 0 Å². The zero-order chi connectivity index (χ0) is 13.1. The first kappa shape index (κ1) is 12.2. The molecular weight excluding hydrogens is 296 g/mol. The van der Waals surface area contributed by atoms with Crippen LogP contribution in [0.4, 0.5) is 0 Å². The van der Waals surface area contributed by atoms with Crippen molar-refractivity contribution >= 4 is 15.9 Å². The maximum absolute atomic E-state index is 3.68. The highest BCUT2D eigenvalue weighted by molar-refractivity contribution is 9.10. The van der Waals surface area contributed by atoms with Gasteiger partial charge in [0, 0.05) is 10.0 Å². The van der Waals surface area contributed by atoms with Gasteiger partial charge in [0.05, 0.1) is 0 Å². The van der Waals surface area contributed by atoms with Crippen LogP contribution >= 0.6 is 15.9 Å². The molecule has 3 aromatic carbocycles. The van der Waals surface area contributed by atoms with Crippen molar-refractivity contribution in [3.63, 3.8) is 0 Å². The van der Waals surface area contributed by atoms with Gasteiger partial charge in [0.15, 0.2) is 0 Å². The highest BCUT2D eigenvalue weighted by Gasteiger charge is 2.10. The van der Waals surface area contributed by atoms with E-state index in [4.69, 9.17) is 0 Å². The molecule has 19 heavy (non-hydrogen) atoms. The molecule has 0 nitrogen and oxygen atoms in total. The van der Waals surface area contributed by atoms with Crippen molar-refractivity contribution in [1.82, 2.24) is 0 Å². The fourth-order valence-corrected chi connectivity index (χ4v) is 2.88. The van der Waals surface area contributed by atoms with Gasteiger partial charge in [0.1, 0.15) is 0 Å². The smallest absolute Gasteiger partial charge is 0.0259 e. The third-order valence-electron chi connectivity index (χ3n) is 3.16. The van der Waals surface area contributed by atoms with Crippen LogP contribution in [0.2, 0.25) is 0 Å². The Morgan fingerprint density at radius 3 is 1.74 bits per heavy atom. The Morgan fingerprint density at radius 2 is 1.11 bits per heavy atom. The summed E-state index contributed by atoms with van der Waals surface area (Å²) in [7, 11) is 0. The molecule has 0 aliphatic rings. The monoisotopic (exact) mass is 308 g/mol. The van der Waals surface area contributed by atoms with Crippen molar-refractivity contribution in [2.75, 3.05) is 0 Å². The minimum absolute atomic E-state index is 1.13. The molecule has 1 heteroatoms. The van der Waals surface area contributed by atoms with E-state index in [0.29, 0.717) is 0 Å². The van der Waals surface area contributed by atoms with Crippen molar-refractivity contribution in [3.05, 3.63) is 83.3 Å². The number of hydrogen-bond donors (Lipinski definition) is 0. The van der Waals surface area contributed by atoms with Crippen LogP contribution in [0.25, 0.3) is 22.3 Å². The second kappa shape index (κ2) is 5.41. The second-order valence-electron chi connectivity index (χ2n) is 4.39. The summed E-state index contributed by atoms with van der Waals surface area (Å²) in [5.74, 6) is 0. The molecule has 3 aromatic rings. The number of benzene rings is 3. The Kier molecular flexibility index (Phi) is 3.47. The number of rotatable bonds is 2. The van der Waals surface area contributed by atoms with Crippen molar-refractivity contribution in [1.29, 1.82) is 0 Å². The number of halogens is 1. The normalized spacial score (nSPS) is 10.4. The van der Waals surface area contributed by atoms with Gasteiger partial charge in [-0.15, -0.1) is 0 Å². The van der Waals surface area contributed by atoms with E-state index in [1.54, 1.807) is 0 Å². The first-order valence-electron chi connectivity index (χ1n) is 6.25. The SMILES string of the molecule is Brc1cccc(-c2ccccc2)c1-c1ccccc1. The summed E-state index contributed by atoms with van der Waals surface area (Å²) in [6.07, 6.45) is 0. The van der Waals surface area contributed by atoms with Crippen molar-refractivity contribution in [2.24, 2.45) is 0 Å². The van der Waals surface area contributed by atoms with Gasteiger partial charge in [-0.3, -0.25) is 0 Å². The van der Waals surface area contributed by atoms with Crippen LogP contribution in [0.3, 0.4) is 0 Å². The predicted molar refractivity (Wildman–Crippen MR) is 85.0 cm³/mol. The van der Waals surface area contributed by atoms with Crippen LogP contribution in [0.5, 0.6) is 0 Å². The molecule has 0 unspecified atom stereocenters. The minimum Gasteiger partial charge on any atom is -0.0622 e. The first-order chi connectivity index (χ1) is 9.36. The van der Waals surface area contributed by atoms with Crippen LogP contribution in [0.1, 0.15) is 0 Å². The molecule has 0 bridgehead atoms. The largest absolute Gasteiger partial charge is 0.0622 e. The topological polar surface area (TPSA) is 0 Å². The average Bonchev–Trinajstić information content (AvgIpc) is 2.49. The molecule has 0 radical (unpaired) electrons. The molecule has 0 aliphatic heterocycles. The van der Waals surface area contributed by atoms with E-state index in [9.17, 15) is 0 Å². The van der Waals surface area contributed by atoms with Crippen molar-refractivity contribution in [2.45, 2.75) is 0 Å². The van der Waals surface area contributed by atoms with Gasteiger partial charge in [-0.05, 0) is 22.8 Å². The Balaban J connectivity index is 2.25. The zero-order valence-corrected chi connectivity index (χ0v) is 12.0. The molecule has 3 rings (SSSR count). The molecular formula is C18H13Br. The molecule has 0 fully saturated rings. The maximum Gasteiger partial charge on any atom is 0.0259 e. The zero-order valence-electron chi connectivity index (χ0n) is 10.4. The van der Waals surface area contributed by atoms with Crippen LogP contribution in [0, 0.1) is 0 Å². The lowest BCUT2D eigenvalue weighted by Crippen LogP contribution is -1.86. The molecule has 0 N–H and O–H groups in total. The Morgan fingerprint density at radius 1 is 0.526 bits per heavy atom. The molecule has 0 aliphatic carbocycles. The van der Waals surface area contributed by atoms with Crippen LogP contribution in [-0.4, -0.2) is 0 Å². The Bertz CT molecular complexity index is 673. The molecule has 0 aromatic heterocycles. The quantitative estimate of drug-likeness (QED) is 0.562. The standard InChI is InChI=1S/C18H13Br/c19-17-13-7-12-16(14-8-3-1-4-9-14)18(17)15-10-5-2-6-11-15/h1-13H. The van der Waals surface area contributed by atoms with E-state index in [1.807, 2.05) is 12.1 Å². The third kappa shape index (κ3) is 2.47. The lowest BCUT2D eigenvalue weighted by atomic mass is 9.95. The molecule has 0 atom stereocenters. The fraction of sp³-hybridized carbons (Fsp3) is 0. The van der Waals surface area contributed by atoms with E-state index in [1.165, 1.54) is 22.3 Å².